The lowest BCUT2D eigenvalue weighted by Crippen LogP contribution is -2.37. The van der Waals surface area contributed by atoms with Gasteiger partial charge in [0, 0.05) is 32.2 Å². The number of carbonyl (C=O) groups excluding carboxylic acids is 1. The zero-order chi connectivity index (χ0) is 20.2. The topological polar surface area (TPSA) is 49.3 Å². The van der Waals surface area contributed by atoms with Crippen molar-refractivity contribution < 1.29 is 4.79 Å². The van der Waals surface area contributed by atoms with Gasteiger partial charge in [0.2, 0.25) is 5.91 Å². The van der Waals surface area contributed by atoms with Crippen LogP contribution >= 0.6 is 23.4 Å². The van der Waals surface area contributed by atoms with Gasteiger partial charge in [-0.25, -0.2) is 9.97 Å². The van der Waals surface area contributed by atoms with Gasteiger partial charge in [0.25, 0.3) is 0 Å². The maximum atomic E-state index is 12.7. The highest BCUT2D eigenvalue weighted by Crippen LogP contribution is 2.28. The van der Waals surface area contributed by atoms with Gasteiger partial charge in [-0.05, 0) is 30.4 Å². The highest BCUT2D eigenvalue weighted by atomic mass is 35.5. The number of fused-ring (bicyclic) bond motifs is 1. The molecule has 2 aliphatic rings. The van der Waals surface area contributed by atoms with E-state index in [9.17, 15) is 4.79 Å². The Morgan fingerprint density at radius 1 is 1.21 bits per heavy atom. The van der Waals surface area contributed by atoms with Gasteiger partial charge in [-0.15, -0.1) is 0 Å². The van der Waals surface area contributed by atoms with E-state index in [0.29, 0.717) is 28.6 Å². The van der Waals surface area contributed by atoms with Gasteiger partial charge < -0.3 is 9.80 Å². The van der Waals surface area contributed by atoms with Crippen LogP contribution in [0.3, 0.4) is 0 Å². The molecule has 0 atom stereocenters. The highest BCUT2D eigenvalue weighted by molar-refractivity contribution is 7.99. The number of thioether (sulfide) groups is 1. The number of halogens is 1. The van der Waals surface area contributed by atoms with Gasteiger partial charge in [-0.3, -0.25) is 4.79 Å². The van der Waals surface area contributed by atoms with Gasteiger partial charge in [-0.1, -0.05) is 66.9 Å². The van der Waals surface area contributed by atoms with Crippen LogP contribution in [0, 0.1) is 0 Å². The molecular formula is C22H27ClN4OS. The standard InChI is InChI=1S/C22H27ClN4OS/c1-26(18-9-3-2-4-10-18)20-13-19(23)24-22(25-20)29-15-21(28)27-12-11-16-7-5-6-8-17(16)14-27/h5-8,13,18H,2-4,9-12,14-15H2,1H3. The molecule has 0 saturated heterocycles. The largest absolute Gasteiger partial charge is 0.357 e. The van der Waals surface area contributed by atoms with Crippen molar-refractivity contribution in [2.75, 3.05) is 24.2 Å². The summed E-state index contributed by atoms with van der Waals surface area (Å²) >= 11 is 7.64. The highest BCUT2D eigenvalue weighted by Gasteiger charge is 2.22. The van der Waals surface area contributed by atoms with Gasteiger partial charge >= 0.3 is 0 Å². The van der Waals surface area contributed by atoms with E-state index in [1.54, 1.807) is 0 Å². The molecule has 0 N–H and O–H groups in total. The lowest BCUT2D eigenvalue weighted by Gasteiger charge is -2.32. The third-order valence-electron chi connectivity index (χ3n) is 5.95. The van der Waals surface area contributed by atoms with Crippen LogP contribution in [-0.4, -0.2) is 46.2 Å². The second-order valence-electron chi connectivity index (χ2n) is 7.86. The van der Waals surface area contributed by atoms with Crippen molar-refractivity contribution in [1.82, 2.24) is 14.9 Å². The molecule has 1 aliphatic carbocycles. The summed E-state index contributed by atoms with van der Waals surface area (Å²) < 4.78 is 0. The number of amides is 1. The Hall–Kier alpha value is -1.79. The lowest BCUT2D eigenvalue weighted by molar-refractivity contribution is -0.129. The van der Waals surface area contributed by atoms with Crippen LogP contribution in [0.4, 0.5) is 5.82 Å². The Bertz CT molecular complexity index is 872. The maximum Gasteiger partial charge on any atom is 0.233 e. The van der Waals surface area contributed by atoms with E-state index in [4.69, 9.17) is 11.6 Å². The Morgan fingerprint density at radius 2 is 1.97 bits per heavy atom. The van der Waals surface area contributed by atoms with E-state index in [-0.39, 0.29) is 5.91 Å². The first-order valence-corrected chi connectivity index (χ1v) is 11.7. The van der Waals surface area contributed by atoms with Crippen molar-refractivity contribution in [3.63, 3.8) is 0 Å². The van der Waals surface area contributed by atoms with E-state index in [2.05, 4.69) is 40.1 Å². The molecular weight excluding hydrogens is 404 g/mol. The fraction of sp³-hybridized carbons (Fsp3) is 0.500. The Kier molecular flexibility index (Phi) is 6.60. The van der Waals surface area contributed by atoms with Crippen LogP contribution in [-0.2, 0) is 17.8 Å². The summed E-state index contributed by atoms with van der Waals surface area (Å²) in [5, 5.41) is 1.00. The summed E-state index contributed by atoms with van der Waals surface area (Å²) in [5.74, 6) is 1.30. The van der Waals surface area contributed by atoms with E-state index >= 15 is 0 Å². The number of carbonyl (C=O) groups is 1. The summed E-state index contributed by atoms with van der Waals surface area (Å²) in [5.41, 5.74) is 2.59. The molecule has 1 aliphatic heterocycles. The molecule has 1 fully saturated rings. The molecule has 0 bridgehead atoms. The van der Waals surface area contributed by atoms with Crippen molar-refractivity contribution >= 4 is 35.1 Å². The van der Waals surface area contributed by atoms with Crippen LogP contribution < -0.4 is 4.90 Å². The quantitative estimate of drug-likeness (QED) is 0.395. The molecule has 0 radical (unpaired) electrons. The van der Waals surface area contributed by atoms with Crippen molar-refractivity contribution in [2.24, 2.45) is 0 Å². The Balaban J connectivity index is 1.38. The monoisotopic (exact) mass is 430 g/mol. The molecule has 1 aromatic heterocycles. The molecule has 154 valence electrons. The number of hydrogen-bond donors (Lipinski definition) is 0. The van der Waals surface area contributed by atoms with Crippen LogP contribution in [0.5, 0.6) is 0 Å². The van der Waals surface area contributed by atoms with Crippen molar-refractivity contribution in [1.29, 1.82) is 0 Å². The first-order valence-electron chi connectivity index (χ1n) is 10.3. The minimum absolute atomic E-state index is 0.121. The maximum absolute atomic E-state index is 12.7. The molecule has 5 nitrogen and oxygen atoms in total. The molecule has 1 aromatic carbocycles. The van der Waals surface area contributed by atoms with E-state index in [1.807, 2.05) is 17.0 Å². The summed E-state index contributed by atoms with van der Waals surface area (Å²) in [4.78, 5) is 25.9. The zero-order valence-corrected chi connectivity index (χ0v) is 18.4. The van der Waals surface area contributed by atoms with Gasteiger partial charge in [0.05, 0.1) is 5.75 Å². The van der Waals surface area contributed by atoms with Crippen LogP contribution in [0.15, 0.2) is 35.5 Å². The summed E-state index contributed by atoms with van der Waals surface area (Å²) in [6.45, 7) is 1.45. The van der Waals surface area contributed by atoms with Crippen molar-refractivity contribution in [3.8, 4) is 0 Å². The van der Waals surface area contributed by atoms with Crippen LogP contribution in [0.25, 0.3) is 0 Å². The minimum atomic E-state index is 0.121. The molecule has 1 saturated carbocycles. The zero-order valence-electron chi connectivity index (χ0n) is 16.8. The molecule has 2 heterocycles. The van der Waals surface area contributed by atoms with E-state index in [1.165, 1.54) is 55.0 Å². The molecule has 0 unspecified atom stereocenters. The molecule has 29 heavy (non-hydrogen) atoms. The minimum Gasteiger partial charge on any atom is -0.357 e. The predicted molar refractivity (Wildman–Crippen MR) is 119 cm³/mol. The van der Waals surface area contributed by atoms with Gasteiger partial charge in [0.15, 0.2) is 5.16 Å². The third kappa shape index (κ3) is 5.04. The van der Waals surface area contributed by atoms with Crippen molar-refractivity contribution in [3.05, 3.63) is 46.6 Å². The SMILES string of the molecule is CN(c1cc(Cl)nc(SCC(=O)N2CCc3ccccc3C2)n1)C1CCCCC1. The smallest absolute Gasteiger partial charge is 0.233 e. The molecule has 0 spiro atoms. The number of rotatable bonds is 5. The normalized spacial score (nSPS) is 17.1. The molecule has 2 aromatic rings. The lowest BCUT2D eigenvalue weighted by atomic mass is 9.94. The second-order valence-corrected chi connectivity index (χ2v) is 9.19. The summed E-state index contributed by atoms with van der Waals surface area (Å²) in [7, 11) is 2.08. The average molecular weight is 431 g/mol. The number of hydrogen-bond acceptors (Lipinski definition) is 5. The fourth-order valence-corrected chi connectivity index (χ4v) is 5.20. The molecule has 1 amide bonds. The first kappa shape index (κ1) is 20.5. The van der Waals surface area contributed by atoms with E-state index in [0.717, 1.165) is 18.8 Å². The second kappa shape index (κ2) is 9.35. The average Bonchev–Trinajstić information content (AvgIpc) is 2.77. The van der Waals surface area contributed by atoms with Gasteiger partial charge in [0.1, 0.15) is 11.0 Å². The number of anilines is 1. The Morgan fingerprint density at radius 3 is 2.76 bits per heavy atom. The fourth-order valence-electron chi connectivity index (χ4n) is 4.21. The van der Waals surface area contributed by atoms with Crippen LogP contribution in [0.2, 0.25) is 5.15 Å². The Labute approximate surface area is 181 Å². The summed E-state index contributed by atoms with van der Waals surface area (Å²) in [6.07, 6.45) is 7.15. The number of nitrogens with zero attached hydrogens (tertiary/aromatic N) is 4. The third-order valence-corrected chi connectivity index (χ3v) is 6.98. The van der Waals surface area contributed by atoms with Gasteiger partial charge in [-0.2, -0.15) is 0 Å². The molecule has 7 heteroatoms. The summed E-state index contributed by atoms with van der Waals surface area (Å²) in [6, 6.07) is 10.7. The number of benzene rings is 1. The van der Waals surface area contributed by atoms with Crippen molar-refractivity contribution in [2.45, 2.75) is 56.3 Å². The number of aromatic nitrogens is 2. The van der Waals surface area contributed by atoms with E-state index < -0.39 is 0 Å². The van der Waals surface area contributed by atoms with Crippen LogP contribution in [0.1, 0.15) is 43.2 Å². The first-order chi connectivity index (χ1) is 14.1. The predicted octanol–water partition coefficient (Wildman–Crippen LogP) is 4.58. The molecule has 4 rings (SSSR count).